The number of piperazine rings is 1. The Morgan fingerprint density at radius 1 is 1.09 bits per heavy atom. The smallest absolute Gasteiger partial charge is 0.318 e. The summed E-state index contributed by atoms with van der Waals surface area (Å²) < 4.78 is 32.1. The van der Waals surface area contributed by atoms with Gasteiger partial charge in [0.1, 0.15) is 0 Å². The van der Waals surface area contributed by atoms with Crippen molar-refractivity contribution in [2.45, 2.75) is 19.1 Å². The predicted molar refractivity (Wildman–Crippen MR) is 86.5 cm³/mol. The summed E-state index contributed by atoms with van der Waals surface area (Å²) in [7, 11) is -3.30. The molecule has 0 saturated carbocycles. The monoisotopic (exact) mass is 336 g/mol. The lowest BCUT2D eigenvalue weighted by Gasteiger charge is -2.32. The van der Waals surface area contributed by atoms with Crippen LogP contribution in [0.4, 0.5) is 6.01 Å². The third kappa shape index (κ3) is 3.70. The Balaban J connectivity index is 1.61. The molecule has 23 heavy (non-hydrogen) atoms. The molecule has 0 radical (unpaired) electrons. The Morgan fingerprint density at radius 2 is 1.78 bits per heavy atom. The van der Waals surface area contributed by atoms with E-state index >= 15 is 0 Å². The maximum absolute atomic E-state index is 12.5. The summed E-state index contributed by atoms with van der Waals surface area (Å²) in [6, 6.07) is 9.72. The highest BCUT2D eigenvalue weighted by Crippen LogP contribution is 2.18. The van der Waals surface area contributed by atoms with Crippen molar-refractivity contribution in [3.8, 4) is 0 Å². The molecule has 0 atom stereocenters. The molecule has 1 aliphatic heterocycles. The van der Waals surface area contributed by atoms with Crippen molar-refractivity contribution in [1.29, 1.82) is 0 Å². The van der Waals surface area contributed by atoms with Gasteiger partial charge in [-0.05, 0) is 5.56 Å². The molecule has 1 aliphatic rings. The van der Waals surface area contributed by atoms with Crippen molar-refractivity contribution in [2.75, 3.05) is 31.1 Å². The molecule has 124 valence electrons. The first-order valence-corrected chi connectivity index (χ1v) is 9.28. The third-order valence-electron chi connectivity index (χ3n) is 3.85. The van der Waals surface area contributed by atoms with E-state index in [1.165, 1.54) is 4.31 Å². The van der Waals surface area contributed by atoms with Crippen LogP contribution in [0, 0.1) is 0 Å². The minimum absolute atomic E-state index is 0.0361. The van der Waals surface area contributed by atoms with Crippen LogP contribution in [0.15, 0.2) is 34.7 Å². The number of hydrogen-bond acceptors (Lipinski definition) is 6. The standard InChI is InChI=1S/C15H20N4O3S/c1-2-14-16-17-15(22-14)18-8-10-19(11-9-18)23(20,21)12-13-6-4-3-5-7-13/h3-7H,2,8-12H2,1H3. The van der Waals surface area contributed by atoms with Crippen LogP contribution in [0.3, 0.4) is 0 Å². The van der Waals surface area contributed by atoms with Gasteiger partial charge in [-0.3, -0.25) is 0 Å². The van der Waals surface area contributed by atoms with Crippen LogP contribution >= 0.6 is 0 Å². The maximum atomic E-state index is 12.5. The van der Waals surface area contributed by atoms with Gasteiger partial charge < -0.3 is 9.32 Å². The zero-order valence-electron chi connectivity index (χ0n) is 13.1. The van der Waals surface area contributed by atoms with Crippen LogP contribution in [0.5, 0.6) is 0 Å². The Morgan fingerprint density at radius 3 is 2.39 bits per heavy atom. The number of hydrogen-bond donors (Lipinski definition) is 0. The Kier molecular flexibility index (Phi) is 4.63. The lowest BCUT2D eigenvalue weighted by molar-refractivity contribution is 0.368. The molecular weight excluding hydrogens is 316 g/mol. The highest BCUT2D eigenvalue weighted by atomic mass is 32.2. The SMILES string of the molecule is CCc1nnc(N2CCN(S(=O)(=O)Cc3ccccc3)CC2)o1. The van der Waals surface area contributed by atoms with Crippen molar-refractivity contribution >= 4 is 16.0 Å². The molecule has 1 aromatic carbocycles. The van der Waals surface area contributed by atoms with Gasteiger partial charge in [0.25, 0.3) is 0 Å². The predicted octanol–water partition coefficient (Wildman–Crippen LogP) is 1.28. The summed E-state index contributed by atoms with van der Waals surface area (Å²) in [6.45, 7) is 3.92. The van der Waals surface area contributed by atoms with Crippen molar-refractivity contribution < 1.29 is 12.8 Å². The minimum Gasteiger partial charge on any atom is -0.408 e. The zero-order chi connectivity index (χ0) is 16.3. The molecule has 1 saturated heterocycles. The molecule has 8 heteroatoms. The van der Waals surface area contributed by atoms with E-state index in [0.29, 0.717) is 44.5 Å². The van der Waals surface area contributed by atoms with Gasteiger partial charge in [0.05, 0.1) is 5.75 Å². The molecule has 0 unspecified atom stereocenters. The van der Waals surface area contributed by atoms with Crippen molar-refractivity contribution in [3.05, 3.63) is 41.8 Å². The van der Waals surface area contributed by atoms with Crippen LogP contribution < -0.4 is 4.90 Å². The van der Waals surface area contributed by atoms with E-state index in [1.54, 1.807) is 0 Å². The largest absolute Gasteiger partial charge is 0.408 e. The van der Waals surface area contributed by atoms with Crippen LogP contribution in [-0.2, 0) is 22.2 Å². The van der Waals surface area contributed by atoms with Gasteiger partial charge in [0.2, 0.25) is 15.9 Å². The molecule has 0 N–H and O–H groups in total. The van der Waals surface area contributed by atoms with Crippen LogP contribution in [-0.4, -0.2) is 49.1 Å². The fraction of sp³-hybridized carbons (Fsp3) is 0.467. The van der Waals surface area contributed by atoms with E-state index in [9.17, 15) is 8.42 Å². The van der Waals surface area contributed by atoms with Crippen LogP contribution in [0.25, 0.3) is 0 Å². The summed E-state index contributed by atoms with van der Waals surface area (Å²) in [5.41, 5.74) is 0.805. The number of benzene rings is 1. The molecular formula is C15H20N4O3S. The Hall–Kier alpha value is -1.93. The fourth-order valence-electron chi connectivity index (χ4n) is 2.55. The van der Waals surface area contributed by atoms with Crippen LogP contribution in [0.1, 0.15) is 18.4 Å². The molecule has 7 nitrogen and oxygen atoms in total. The van der Waals surface area contributed by atoms with E-state index in [4.69, 9.17) is 4.42 Å². The van der Waals surface area contributed by atoms with E-state index in [-0.39, 0.29) is 5.75 Å². The van der Waals surface area contributed by atoms with Crippen LogP contribution in [0.2, 0.25) is 0 Å². The number of aryl methyl sites for hydroxylation is 1. The highest BCUT2D eigenvalue weighted by molar-refractivity contribution is 7.88. The second-order valence-electron chi connectivity index (χ2n) is 5.46. The second-order valence-corrected chi connectivity index (χ2v) is 7.43. The number of sulfonamides is 1. The maximum Gasteiger partial charge on any atom is 0.318 e. The number of aromatic nitrogens is 2. The number of nitrogens with zero attached hydrogens (tertiary/aromatic N) is 4. The summed E-state index contributed by atoms with van der Waals surface area (Å²) in [4.78, 5) is 1.93. The topological polar surface area (TPSA) is 79.5 Å². The normalized spacial score (nSPS) is 16.7. The summed E-state index contributed by atoms with van der Waals surface area (Å²) in [5, 5.41) is 7.95. The van der Waals surface area contributed by atoms with E-state index in [2.05, 4.69) is 10.2 Å². The lowest BCUT2D eigenvalue weighted by Crippen LogP contribution is -2.49. The first-order valence-electron chi connectivity index (χ1n) is 7.67. The number of rotatable bonds is 5. The lowest BCUT2D eigenvalue weighted by atomic mass is 10.2. The van der Waals surface area contributed by atoms with Gasteiger partial charge in [-0.1, -0.05) is 42.4 Å². The zero-order valence-corrected chi connectivity index (χ0v) is 13.9. The second kappa shape index (κ2) is 6.67. The molecule has 0 bridgehead atoms. The van der Waals surface area contributed by atoms with Gasteiger partial charge in [0.15, 0.2) is 0 Å². The first kappa shape index (κ1) is 15.9. The Labute approximate surface area is 136 Å². The molecule has 1 aromatic heterocycles. The van der Waals surface area contributed by atoms with Crippen molar-refractivity contribution in [1.82, 2.24) is 14.5 Å². The molecule has 2 heterocycles. The molecule has 2 aromatic rings. The van der Waals surface area contributed by atoms with Gasteiger partial charge in [-0.15, -0.1) is 5.10 Å². The van der Waals surface area contributed by atoms with Gasteiger partial charge in [-0.2, -0.15) is 4.31 Å². The summed E-state index contributed by atoms with van der Waals surface area (Å²) >= 11 is 0. The quantitative estimate of drug-likeness (QED) is 0.818. The molecule has 0 spiro atoms. The van der Waals surface area contributed by atoms with Gasteiger partial charge in [-0.25, -0.2) is 8.42 Å². The average molecular weight is 336 g/mol. The summed E-state index contributed by atoms with van der Waals surface area (Å²) in [5.74, 6) is 0.633. The molecule has 0 amide bonds. The molecule has 0 aliphatic carbocycles. The number of anilines is 1. The first-order chi connectivity index (χ1) is 11.1. The average Bonchev–Trinajstić information content (AvgIpc) is 3.05. The highest BCUT2D eigenvalue weighted by Gasteiger charge is 2.28. The minimum atomic E-state index is -3.30. The van der Waals surface area contributed by atoms with Gasteiger partial charge in [0, 0.05) is 32.6 Å². The molecule has 1 fully saturated rings. The fourth-order valence-corrected chi connectivity index (χ4v) is 4.07. The van der Waals surface area contributed by atoms with Gasteiger partial charge >= 0.3 is 6.01 Å². The van der Waals surface area contributed by atoms with E-state index in [1.807, 2.05) is 42.2 Å². The van der Waals surface area contributed by atoms with Crippen molar-refractivity contribution in [2.24, 2.45) is 0 Å². The van der Waals surface area contributed by atoms with E-state index in [0.717, 1.165) is 5.56 Å². The Bertz CT molecular complexity index is 737. The third-order valence-corrected chi connectivity index (χ3v) is 5.70. The molecule has 3 rings (SSSR count). The summed E-state index contributed by atoms with van der Waals surface area (Å²) in [6.07, 6.45) is 0.693. The van der Waals surface area contributed by atoms with E-state index < -0.39 is 10.0 Å². The van der Waals surface area contributed by atoms with Crippen molar-refractivity contribution in [3.63, 3.8) is 0 Å².